The Kier molecular flexibility index (Phi) is 5.85. The summed E-state index contributed by atoms with van der Waals surface area (Å²) < 4.78 is 38.4. The van der Waals surface area contributed by atoms with Crippen LogP contribution >= 0.6 is 0 Å². The van der Waals surface area contributed by atoms with Gasteiger partial charge in [-0.2, -0.15) is 0 Å². The number of methoxy groups -OCH3 is 1. The number of ether oxygens (including phenoxy) is 2. The van der Waals surface area contributed by atoms with Crippen molar-refractivity contribution < 1.29 is 17.9 Å². The van der Waals surface area contributed by atoms with Crippen LogP contribution in [0.4, 0.5) is 0 Å². The van der Waals surface area contributed by atoms with Crippen LogP contribution < -0.4 is 14.2 Å². The van der Waals surface area contributed by atoms with Gasteiger partial charge < -0.3 is 9.47 Å². The van der Waals surface area contributed by atoms with Crippen molar-refractivity contribution in [2.45, 2.75) is 32.2 Å². The van der Waals surface area contributed by atoms with Gasteiger partial charge in [0.1, 0.15) is 11.5 Å². The van der Waals surface area contributed by atoms with Crippen LogP contribution in [0, 0.1) is 13.8 Å². The van der Waals surface area contributed by atoms with Crippen molar-refractivity contribution in [2.75, 3.05) is 13.7 Å². The van der Waals surface area contributed by atoms with E-state index in [4.69, 9.17) is 9.47 Å². The molecule has 0 aliphatic rings. The fourth-order valence-corrected chi connectivity index (χ4v) is 3.73. The first-order chi connectivity index (χ1) is 11.4. The highest BCUT2D eigenvalue weighted by atomic mass is 32.2. The van der Waals surface area contributed by atoms with E-state index in [-0.39, 0.29) is 11.4 Å². The predicted octanol–water partition coefficient (Wildman–Crippen LogP) is 3.19. The highest BCUT2D eigenvalue weighted by Gasteiger charge is 2.18. The molecule has 1 N–H and O–H groups in total. The van der Waals surface area contributed by atoms with E-state index < -0.39 is 10.0 Å². The van der Waals surface area contributed by atoms with Crippen LogP contribution in [0.15, 0.2) is 41.3 Å². The van der Waals surface area contributed by atoms with E-state index in [0.717, 1.165) is 16.9 Å². The number of rotatable bonds is 7. The number of aryl methyl sites for hydroxylation is 2. The van der Waals surface area contributed by atoms with E-state index in [9.17, 15) is 8.42 Å². The molecule has 2 rings (SSSR count). The first-order valence-electron chi connectivity index (χ1n) is 7.74. The third kappa shape index (κ3) is 4.27. The summed E-state index contributed by atoms with van der Waals surface area (Å²) in [6.07, 6.45) is 0. The van der Waals surface area contributed by atoms with Crippen molar-refractivity contribution in [3.63, 3.8) is 0 Å². The Bertz CT molecular complexity index is 799. The first-order valence-corrected chi connectivity index (χ1v) is 9.22. The van der Waals surface area contributed by atoms with Crippen LogP contribution in [0.1, 0.15) is 23.6 Å². The molecule has 0 bridgehead atoms. The number of sulfonamides is 1. The van der Waals surface area contributed by atoms with E-state index >= 15 is 0 Å². The first kappa shape index (κ1) is 18.3. The Morgan fingerprint density at radius 3 is 2.29 bits per heavy atom. The van der Waals surface area contributed by atoms with Gasteiger partial charge in [0.25, 0.3) is 0 Å². The van der Waals surface area contributed by atoms with Gasteiger partial charge in [-0.3, -0.25) is 0 Å². The van der Waals surface area contributed by atoms with Crippen molar-refractivity contribution in [1.29, 1.82) is 0 Å². The predicted molar refractivity (Wildman–Crippen MR) is 94.1 cm³/mol. The number of hydrogen-bond donors (Lipinski definition) is 1. The molecule has 0 aliphatic carbocycles. The monoisotopic (exact) mass is 349 g/mol. The van der Waals surface area contributed by atoms with Gasteiger partial charge in [-0.1, -0.05) is 12.1 Å². The molecule has 130 valence electrons. The number of nitrogens with one attached hydrogen (secondary N) is 1. The molecule has 24 heavy (non-hydrogen) atoms. The number of hydrogen-bond acceptors (Lipinski definition) is 4. The van der Waals surface area contributed by atoms with Crippen molar-refractivity contribution >= 4 is 10.0 Å². The standard InChI is InChI=1S/C18H23NO4S/c1-5-23-16-8-6-15(7-9-16)12-19-24(20,21)18-11-13(2)17(22-4)10-14(18)3/h6-11,19H,5,12H2,1-4H3. The van der Waals surface area contributed by atoms with Crippen LogP contribution in [0.25, 0.3) is 0 Å². The van der Waals surface area contributed by atoms with E-state index in [1.807, 2.05) is 38.1 Å². The van der Waals surface area contributed by atoms with E-state index in [2.05, 4.69) is 4.72 Å². The zero-order valence-electron chi connectivity index (χ0n) is 14.4. The SMILES string of the molecule is CCOc1ccc(CNS(=O)(=O)c2cc(C)c(OC)cc2C)cc1. The van der Waals surface area contributed by atoms with E-state index in [0.29, 0.717) is 17.9 Å². The van der Waals surface area contributed by atoms with Crippen molar-refractivity contribution in [3.8, 4) is 11.5 Å². The molecule has 0 spiro atoms. The van der Waals surface area contributed by atoms with E-state index in [1.165, 1.54) is 0 Å². The van der Waals surface area contributed by atoms with Gasteiger partial charge in [0.2, 0.25) is 10.0 Å². The summed E-state index contributed by atoms with van der Waals surface area (Å²) in [6.45, 7) is 6.32. The second-order valence-corrected chi connectivity index (χ2v) is 7.22. The van der Waals surface area contributed by atoms with Crippen LogP contribution in [-0.4, -0.2) is 22.1 Å². The quantitative estimate of drug-likeness (QED) is 0.834. The second-order valence-electron chi connectivity index (χ2n) is 5.49. The van der Waals surface area contributed by atoms with Crippen LogP contribution in [0.5, 0.6) is 11.5 Å². The van der Waals surface area contributed by atoms with E-state index in [1.54, 1.807) is 26.2 Å². The van der Waals surface area contributed by atoms with Crippen LogP contribution in [0.2, 0.25) is 0 Å². The minimum Gasteiger partial charge on any atom is -0.496 e. The molecular formula is C18H23NO4S. The van der Waals surface area contributed by atoms with Crippen LogP contribution in [-0.2, 0) is 16.6 Å². The summed E-state index contributed by atoms with van der Waals surface area (Å²) in [4.78, 5) is 0.270. The molecule has 2 aromatic carbocycles. The molecule has 0 aromatic heterocycles. The smallest absolute Gasteiger partial charge is 0.241 e. The molecule has 0 amide bonds. The molecule has 0 atom stereocenters. The summed E-state index contributed by atoms with van der Waals surface area (Å²) in [7, 11) is -2.02. The average molecular weight is 349 g/mol. The summed E-state index contributed by atoms with van der Waals surface area (Å²) in [5.41, 5.74) is 2.30. The Labute approximate surface area is 143 Å². The fourth-order valence-electron chi connectivity index (χ4n) is 2.40. The summed E-state index contributed by atoms with van der Waals surface area (Å²) >= 11 is 0. The minimum absolute atomic E-state index is 0.221. The molecular weight excluding hydrogens is 326 g/mol. The third-order valence-electron chi connectivity index (χ3n) is 3.68. The third-order valence-corrected chi connectivity index (χ3v) is 5.23. The maximum atomic E-state index is 12.6. The van der Waals surface area contributed by atoms with Crippen molar-refractivity contribution in [1.82, 2.24) is 4.72 Å². The molecule has 0 radical (unpaired) electrons. The van der Waals surface area contributed by atoms with Crippen molar-refractivity contribution in [2.24, 2.45) is 0 Å². The lowest BCUT2D eigenvalue weighted by molar-refractivity contribution is 0.340. The summed E-state index contributed by atoms with van der Waals surface area (Å²) in [6, 6.07) is 10.7. The zero-order chi connectivity index (χ0) is 17.7. The largest absolute Gasteiger partial charge is 0.496 e. The average Bonchev–Trinajstić information content (AvgIpc) is 2.56. The minimum atomic E-state index is -3.59. The van der Waals surface area contributed by atoms with Gasteiger partial charge in [-0.15, -0.1) is 0 Å². The lowest BCUT2D eigenvalue weighted by Gasteiger charge is -2.13. The topological polar surface area (TPSA) is 64.6 Å². The Morgan fingerprint density at radius 1 is 1.04 bits per heavy atom. The van der Waals surface area contributed by atoms with Crippen molar-refractivity contribution in [3.05, 3.63) is 53.1 Å². The Morgan fingerprint density at radius 2 is 1.71 bits per heavy atom. The molecule has 0 heterocycles. The maximum Gasteiger partial charge on any atom is 0.241 e. The van der Waals surface area contributed by atoms with Gasteiger partial charge in [0, 0.05) is 6.54 Å². The number of benzene rings is 2. The molecule has 6 heteroatoms. The Balaban J connectivity index is 2.15. The molecule has 2 aromatic rings. The van der Waals surface area contributed by atoms with Gasteiger partial charge in [-0.25, -0.2) is 13.1 Å². The van der Waals surface area contributed by atoms with Gasteiger partial charge in [0.05, 0.1) is 18.6 Å². The molecule has 0 saturated heterocycles. The lowest BCUT2D eigenvalue weighted by Crippen LogP contribution is -2.24. The molecule has 0 fully saturated rings. The molecule has 5 nitrogen and oxygen atoms in total. The van der Waals surface area contributed by atoms with Crippen LogP contribution in [0.3, 0.4) is 0 Å². The summed E-state index contributed by atoms with van der Waals surface area (Å²) in [5.74, 6) is 1.45. The van der Waals surface area contributed by atoms with Gasteiger partial charge in [0.15, 0.2) is 0 Å². The van der Waals surface area contributed by atoms with Gasteiger partial charge in [-0.05, 0) is 61.7 Å². The zero-order valence-corrected chi connectivity index (χ0v) is 15.2. The molecule has 0 saturated carbocycles. The lowest BCUT2D eigenvalue weighted by atomic mass is 10.1. The van der Waals surface area contributed by atoms with Gasteiger partial charge >= 0.3 is 0 Å². The Hall–Kier alpha value is -2.05. The fraction of sp³-hybridized carbons (Fsp3) is 0.333. The maximum absolute atomic E-state index is 12.6. The molecule has 0 unspecified atom stereocenters. The summed E-state index contributed by atoms with van der Waals surface area (Å²) in [5, 5.41) is 0. The second kappa shape index (κ2) is 7.68. The molecule has 0 aliphatic heterocycles. The highest BCUT2D eigenvalue weighted by molar-refractivity contribution is 7.89. The normalized spacial score (nSPS) is 11.3. The highest BCUT2D eigenvalue weighted by Crippen LogP contribution is 2.25.